The second-order valence-electron chi connectivity index (χ2n) is 5.97. The van der Waals surface area contributed by atoms with Gasteiger partial charge in [0, 0.05) is 23.1 Å². The maximum atomic E-state index is 12.8. The van der Waals surface area contributed by atoms with Crippen molar-refractivity contribution in [2.24, 2.45) is 0 Å². The summed E-state index contributed by atoms with van der Waals surface area (Å²) < 4.78 is 0. The Labute approximate surface area is 138 Å². The van der Waals surface area contributed by atoms with Gasteiger partial charge in [0.05, 0.1) is 10.7 Å². The van der Waals surface area contributed by atoms with Crippen LogP contribution in [0.1, 0.15) is 35.1 Å². The molecular formula is C17H18N2O3S. The predicted molar refractivity (Wildman–Crippen MR) is 88.6 cm³/mol. The molecule has 1 aliphatic heterocycles. The number of rotatable bonds is 3. The minimum Gasteiger partial charge on any atom is -0.480 e. The molecule has 1 unspecified atom stereocenters. The zero-order valence-corrected chi connectivity index (χ0v) is 13.9. The lowest BCUT2D eigenvalue weighted by atomic mass is 9.98. The number of carboxylic acids is 1. The summed E-state index contributed by atoms with van der Waals surface area (Å²) in [6, 6.07) is 7.24. The van der Waals surface area contributed by atoms with Crippen LogP contribution in [-0.4, -0.2) is 39.0 Å². The van der Waals surface area contributed by atoms with Crippen LogP contribution in [0.2, 0.25) is 0 Å². The summed E-state index contributed by atoms with van der Waals surface area (Å²) in [5.74, 6) is -1.18. The van der Waals surface area contributed by atoms with Crippen LogP contribution in [0.4, 0.5) is 0 Å². The first-order chi connectivity index (χ1) is 10.9. The number of aliphatic carboxylic acids is 1. The monoisotopic (exact) mass is 330 g/mol. The molecule has 0 saturated carbocycles. The molecular weight excluding hydrogens is 312 g/mol. The largest absolute Gasteiger partial charge is 0.480 e. The lowest BCUT2D eigenvalue weighted by molar-refractivity contribution is -0.147. The van der Waals surface area contributed by atoms with Crippen molar-refractivity contribution in [2.45, 2.75) is 32.2 Å². The van der Waals surface area contributed by atoms with Crippen LogP contribution in [-0.2, 0) is 4.79 Å². The maximum Gasteiger partial charge on any atom is 0.329 e. The van der Waals surface area contributed by atoms with Gasteiger partial charge in [0.2, 0.25) is 0 Å². The summed E-state index contributed by atoms with van der Waals surface area (Å²) >= 11 is 1.56. The third-order valence-electron chi connectivity index (χ3n) is 4.37. The summed E-state index contributed by atoms with van der Waals surface area (Å²) in [6.45, 7) is 4.03. The highest BCUT2D eigenvalue weighted by Crippen LogP contribution is 2.31. The molecule has 2 heterocycles. The molecule has 0 bridgehead atoms. The molecule has 3 rings (SSSR count). The van der Waals surface area contributed by atoms with E-state index in [-0.39, 0.29) is 5.91 Å². The van der Waals surface area contributed by atoms with Gasteiger partial charge >= 0.3 is 5.97 Å². The normalized spacial score (nSPS) is 20.7. The lowest BCUT2D eigenvalue weighted by Gasteiger charge is -2.31. The smallest absolute Gasteiger partial charge is 0.329 e. The number of hydrogen-bond acceptors (Lipinski definition) is 4. The lowest BCUT2D eigenvalue weighted by Crippen LogP contribution is -2.50. The van der Waals surface area contributed by atoms with Gasteiger partial charge < -0.3 is 10.0 Å². The summed E-state index contributed by atoms with van der Waals surface area (Å²) in [5.41, 5.74) is 1.09. The van der Waals surface area contributed by atoms with E-state index in [2.05, 4.69) is 4.98 Å². The third kappa shape index (κ3) is 2.74. The van der Waals surface area contributed by atoms with Crippen molar-refractivity contribution >= 4 is 23.2 Å². The van der Waals surface area contributed by atoms with Crippen molar-refractivity contribution in [2.75, 3.05) is 6.54 Å². The Hall–Kier alpha value is -2.21. The number of aromatic nitrogens is 1. The van der Waals surface area contributed by atoms with Crippen LogP contribution in [0.15, 0.2) is 29.6 Å². The maximum absolute atomic E-state index is 12.8. The highest BCUT2D eigenvalue weighted by atomic mass is 32.1. The first-order valence-corrected chi connectivity index (χ1v) is 8.38. The van der Waals surface area contributed by atoms with Crippen LogP contribution >= 0.6 is 11.3 Å². The Morgan fingerprint density at radius 3 is 2.83 bits per heavy atom. The van der Waals surface area contributed by atoms with Gasteiger partial charge in [0.1, 0.15) is 5.54 Å². The molecule has 0 aliphatic carbocycles. The molecule has 1 N–H and O–H groups in total. The van der Waals surface area contributed by atoms with E-state index in [1.165, 1.54) is 4.90 Å². The Morgan fingerprint density at radius 2 is 2.17 bits per heavy atom. The third-order valence-corrected chi connectivity index (χ3v) is 5.14. The fraction of sp³-hybridized carbons (Fsp3) is 0.353. The van der Waals surface area contributed by atoms with Gasteiger partial charge in [-0.2, -0.15) is 0 Å². The van der Waals surface area contributed by atoms with E-state index in [0.29, 0.717) is 24.9 Å². The molecule has 1 atom stereocenters. The topological polar surface area (TPSA) is 70.5 Å². The fourth-order valence-electron chi connectivity index (χ4n) is 2.97. The Bertz CT molecular complexity index is 771. The Kier molecular flexibility index (Phi) is 3.93. The molecule has 1 aromatic heterocycles. The van der Waals surface area contributed by atoms with Gasteiger partial charge in [0.25, 0.3) is 5.91 Å². The number of carbonyl (C=O) groups excluding carboxylic acids is 1. The van der Waals surface area contributed by atoms with Crippen molar-refractivity contribution in [3.63, 3.8) is 0 Å². The van der Waals surface area contributed by atoms with Crippen LogP contribution < -0.4 is 0 Å². The molecule has 1 fully saturated rings. The van der Waals surface area contributed by atoms with Crippen molar-refractivity contribution < 1.29 is 14.7 Å². The molecule has 120 valence electrons. The van der Waals surface area contributed by atoms with Gasteiger partial charge in [0.15, 0.2) is 0 Å². The standard InChI is InChI=1S/C17H18N2O3S/c1-11-18-14(10-23-11)12-5-3-6-13(9-12)15(20)19-8-4-7-17(19,2)16(21)22/h3,5-6,9-10H,4,7-8H2,1-2H3,(H,21,22). The minimum absolute atomic E-state index is 0.235. The SMILES string of the molecule is Cc1nc(-c2cccc(C(=O)N3CCCC3(C)C(=O)O)c2)cs1. The number of carbonyl (C=O) groups is 2. The van der Waals surface area contributed by atoms with E-state index in [9.17, 15) is 14.7 Å². The molecule has 0 radical (unpaired) electrons. The second kappa shape index (κ2) is 5.77. The number of thiazole rings is 1. The highest BCUT2D eigenvalue weighted by Gasteiger charge is 2.46. The molecule has 1 aromatic carbocycles. The van der Waals surface area contributed by atoms with Crippen LogP contribution in [0.3, 0.4) is 0 Å². The van der Waals surface area contributed by atoms with Crippen molar-refractivity contribution in [3.05, 3.63) is 40.2 Å². The van der Waals surface area contributed by atoms with E-state index in [4.69, 9.17) is 0 Å². The van der Waals surface area contributed by atoms with Gasteiger partial charge in [-0.25, -0.2) is 9.78 Å². The zero-order chi connectivity index (χ0) is 16.6. The van der Waals surface area contributed by atoms with Crippen molar-refractivity contribution in [1.29, 1.82) is 0 Å². The Balaban J connectivity index is 1.93. The summed E-state index contributed by atoms with van der Waals surface area (Å²) in [6.07, 6.45) is 1.19. The summed E-state index contributed by atoms with van der Waals surface area (Å²) in [5, 5.41) is 12.4. The van der Waals surface area contributed by atoms with Gasteiger partial charge in [-0.3, -0.25) is 4.79 Å². The van der Waals surface area contributed by atoms with E-state index >= 15 is 0 Å². The van der Waals surface area contributed by atoms with E-state index in [1.807, 2.05) is 24.4 Å². The van der Waals surface area contributed by atoms with Crippen molar-refractivity contribution in [3.8, 4) is 11.3 Å². The molecule has 1 saturated heterocycles. The van der Waals surface area contributed by atoms with Gasteiger partial charge in [-0.05, 0) is 38.8 Å². The number of benzene rings is 1. The highest BCUT2D eigenvalue weighted by molar-refractivity contribution is 7.09. The molecule has 1 amide bonds. The first-order valence-electron chi connectivity index (χ1n) is 7.50. The first kappa shape index (κ1) is 15.7. The van der Waals surface area contributed by atoms with Crippen molar-refractivity contribution in [1.82, 2.24) is 9.88 Å². The Morgan fingerprint density at radius 1 is 1.39 bits per heavy atom. The number of likely N-dealkylation sites (tertiary alicyclic amines) is 1. The molecule has 23 heavy (non-hydrogen) atoms. The van der Waals surface area contributed by atoms with Gasteiger partial charge in [-0.1, -0.05) is 12.1 Å². The number of nitrogens with zero attached hydrogens (tertiary/aromatic N) is 2. The summed E-state index contributed by atoms with van der Waals surface area (Å²) in [7, 11) is 0. The summed E-state index contributed by atoms with van der Waals surface area (Å²) in [4.78, 5) is 30.3. The molecule has 0 spiro atoms. The van der Waals surface area contributed by atoms with Gasteiger partial charge in [-0.15, -0.1) is 11.3 Å². The fourth-order valence-corrected chi connectivity index (χ4v) is 3.60. The average molecular weight is 330 g/mol. The van der Waals surface area contributed by atoms with E-state index in [0.717, 1.165) is 16.3 Å². The zero-order valence-electron chi connectivity index (χ0n) is 13.1. The number of amides is 1. The molecule has 6 heteroatoms. The van der Waals surface area contributed by atoms with Crippen LogP contribution in [0.25, 0.3) is 11.3 Å². The predicted octanol–water partition coefficient (Wildman–Crippen LogP) is 3.20. The quantitative estimate of drug-likeness (QED) is 0.938. The molecule has 1 aliphatic rings. The number of carboxylic acid groups (broad SMARTS) is 1. The van der Waals surface area contributed by atoms with Crippen LogP contribution in [0, 0.1) is 6.92 Å². The van der Waals surface area contributed by atoms with E-state index in [1.54, 1.807) is 30.4 Å². The minimum atomic E-state index is -1.12. The average Bonchev–Trinajstić information content (AvgIpc) is 3.14. The number of hydrogen-bond donors (Lipinski definition) is 1. The second-order valence-corrected chi connectivity index (χ2v) is 7.03. The molecule has 5 nitrogen and oxygen atoms in total. The number of aryl methyl sites for hydroxylation is 1. The molecule has 2 aromatic rings. The van der Waals surface area contributed by atoms with E-state index < -0.39 is 11.5 Å². The van der Waals surface area contributed by atoms with Crippen LogP contribution in [0.5, 0.6) is 0 Å².